The van der Waals surface area contributed by atoms with Gasteiger partial charge in [-0.1, -0.05) is 62.4 Å². The van der Waals surface area contributed by atoms with Crippen molar-refractivity contribution in [3.63, 3.8) is 0 Å². The number of aryl methyl sites for hydroxylation is 1. The highest BCUT2D eigenvalue weighted by atomic mass is 32.1. The quantitative estimate of drug-likeness (QED) is 0.354. The Bertz CT molecular complexity index is 939. The first-order chi connectivity index (χ1) is 12.6. The summed E-state index contributed by atoms with van der Waals surface area (Å²) in [6.07, 6.45) is 1.05. The second-order valence-corrected chi connectivity index (χ2v) is 6.49. The predicted octanol–water partition coefficient (Wildman–Crippen LogP) is 6.94. The van der Waals surface area contributed by atoms with Crippen LogP contribution < -0.4 is 0 Å². The highest BCUT2D eigenvalue weighted by molar-refractivity contribution is 7.78. The third kappa shape index (κ3) is 3.96. The molecule has 0 heterocycles. The third-order valence-electron chi connectivity index (χ3n) is 4.74. The van der Waals surface area contributed by atoms with Gasteiger partial charge in [-0.15, -0.1) is 0 Å². The maximum absolute atomic E-state index is 14.3. The fraction of sp³-hybridized carbons (Fsp3) is 0.174. The highest BCUT2D eigenvalue weighted by Gasteiger charge is 2.10. The van der Waals surface area contributed by atoms with Gasteiger partial charge < -0.3 is 0 Å². The molecule has 0 radical (unpaired) electrons. The molecule has 130 valence electrons. The minimum atomic E-state index is -0.313. The van der Waals surface area contributed by atoms with E-state index in [4.69, 9.17) is 0 Å². The summed E-state index contributed by atoms with van der Waals surface area (Å²) in [5.41, 5.74) is 5.71. The Kier molecular flexibility index (Phi) is 5.72. The summed E-state index contributed by atoms with van der Waals surface area (Å²) < 4.78 is 14.3. The zero-order valence-corrected chi connectivity index (χ0v) is 15.7. The fourth-order valence-corrected chi connectivity index (χ4v) is 3.15. The number of benzene rings is 3. The maximum atomic E-state index is 14.3. The largest absolute Gasteiger partial charge is 0.206 e. The summed E-state index contributed by atoms with van der Waals surface area (Å²) in [6.45, 7) is 4.35. The first kappa shape index (κ1) is 18.2. The number of nitrogens with zero attached hydrogens (tertiary/aromatic N) is 1. The molecule has 0 aromatic heterocycles. The van der Waals surface area contributed by atoms with Gasteiger partial charge in [0.25, 0.3) is 0 Å². The van der Waals surface area contributed by atoms with Crippen molar-refractivity contribution in [2.75, 3.05) is 0 Å². The Morgan fingerprint density at radius 3 is 2.12 bits per heavy atom. The van der Waals surface area contributed by atoms with Crippen molar-refractivity contribution >= 4 is 23.1 Å². The molecule has 0 aliphatic heterocycles. The molecular weight excluding hydrogens is 341 g/mol. The number of aliphatic imine (C=N–C) groups is 1. The smallest absolute Gasteiger partial charge is 0.133 e. The molecule has 0 fully saturated rings. The normalized spacial score (nSPS) is 11.7. The number of hydrogen-bond donors (Lipinski definition) is 0. The van der Waals surface area contributed by atoms with E-state index in [0.717, 1.165) is 12.0 Å². The monoisotopic (exact) mass is 361 g/mol. The molecule has 0 saturated carbocycles. The summed E-state index contributed by atoms with van der Waals surface area (Å²) in [5, 5.41) is 2.25. The molecule has 3 aromatic rings. The van der Waals surface area contributed by atoms with Crippen LogP contribution in [0.3, 0.4) is 0 Å². The van der Waals surface area contributed by atoms with Crippen molar-refractivity contribution in [3.8, 4) is 11.1 Å². The zero-order valence-electron chi connectivity index (χ0n) is 14.9. The second-order valence-electron chi connectivity index (χ2n) is 6.31. The van der Waals surface area contributed by atoms with Gasteiger partial charge in [-0.25, -0.2) is 4.39 Å². The van der Waals surface area contributed by atoms with Crippen LogP contribution in [0.15, 0.2) is 71.7 Å². The van der Waals surface area contributed by atoms with Crippen molar-refractivity contribution in [2.45, 2.75) is 26.2 Å². The van der Waals surface area contributed by atoms with Crippen molar-refractivity contribution in [3.05, 3.63) is 89.2 Å². The third-order valence-corrected chi connectivity index (χ3v) is 4.83. The fourth-order valence-electron chi connectivity index (χ4n) is 3.05. The number of rotatable bonds is 5. The van der Waals surface area contributed by atoms with Crippen LogP contribution in [-0.2, 0) is 6.42 Å². The van der Waals surface area contributed by atoms with Gasteiger partial charge in [-0.2, -0.15) is 4.99 Å². The summed E-state index contributed by atoms with van der Waals surface area (Å²) in [4.78, 5) is 3.81. The molecule has 26 heavy (non-hydrogen) atoms. The van der Waals surface area contributed by atoms with E-state index in [0.29, 0.717) is 17.2 Å². The Morgan fingerprint density at radius 2 is 1.58 bits per heavy atom. The molecule has 0 saturated heterocycles. The van der Waals surface area contributed by atoms with Crippen LogP contribution in [0.25, 0.3) is 11.1 Å². The van der Waals surface area contributed by atoms with E-state index in [1.165, 1.54) is 22.8 Å². The van der Waals surface area contributed by atoms with Crippen LogP contribution >= 0.6 is 12.2 Å². The first-order valence-electron chi connectivity index (χ1n) is 8.69. The van der Waals surface area contributed by atoms with E-state index in [-0.39, 0.29) is 5.82 Å². The lowest BCUT2D eigenvalue weighted by Crippen LogP contribution is -1.96. The number of halogens is 1. The summed E-state index contributed by atoms with van der Waals surface area (Å²) in [6, 6.07) is 21.6. The van der Waals surface area contributed by atoms with Crippen molar-refractivity contribution in [1.82, 2.24) is 0 Å². The van der Waals surface area contributed by atoms with Gasteiger partial charge in [0.15, 0.2) is 0 Å². The van der Waals surface area contributed by atoms with Gasteiger partial charge in [-0.3, -0.25) is 0 Å². The zero-order chi connectivity index (χ0) is 18.5. The molecule has 1 nitrogen and oxygen atoms in total. The summed E-state index contributed by atoms with van der Waals surface area (Å²) in [5.74, 6) is -0.0217. The first-order valence-corrected chi connectivity index (χ1v) is 9.09. The topological polar surface area (TPSA) is 12.4 Å². The number of hydrogen-bond acceptors (Lipinski definition) is 2. The Hall–Kier alpha value is -2.61. The van der Waals surface area contributed by atoms with E-state index in [9.17, 15) is 4.39 Å². The molecule has 0 amide bonds. The molecular formula is C23H20FNS. The molecule has 0 aliphatic rings. The Morgan fingerprint density at radius 1 is 0.962 bits per heavy atom. The Balaban J connectivity index is 1.84. The van der Waals surface area contributed by atoms with Gasteiger partial charge in [0.1, 0.15) is 5.82 Å². The molecule has 0 spiro atoms. The number of thiocarbonyl (C=S) groups is 1. The molecule has 1 atom stereocenters. The van der Waals surface area contributed by atoms with E-state index in [2.05, 4.69) is 72.6 Å². The SMILES string of the molecule is CCc1ccc(C(C)c2ccc(-c3ccc(N=C=S)cc3F)cc2)cc1. The molecule has 1 unspecified atom stereocenters. The van der Waals surface area contributed by atoms with Crippen molar-refractivity contribution in [2.24, 2.45) is 4.99 Å². The van der Waals surface area contributed by atoms with E-state index in [1.807, 2.05) is 12.1 Å². The van der Waals surface area contributed by atoms with Gasteiger partial charge in [0.05, 0.1) is 10.8 Å². The molecule has 0 bridgehead atoms. The van der Waals surface area contributed by atoms with E-state index >= 15 is 0 Å². The lowest BCUT2D eigenvalue weighted by molar-refractivity contribution is 0.631. The van der Waals surface area contributed by atoms with Crippen LogP contribution in [0, 0.1) is 5.82 Å². The van der Waals surface area contributed by atoms with Crippen molar-refractivity contribution in [1.29, 1.82) is 0 Å². The van der Waals surface area contributed by atoms with Crippen LogP contribution in [0.5, 0.6) is 0 Å². The van der Waals surface area contributed by atoms with Crippen LogP contribution in [0.4, 0.5) is 10.1 Å². The maximum Gasteiger partial charge on any atom is 0.133 e. The second kappa shape index (κ2) is 8.18. The molecule has 3 rings (SSSR count). The lowest BCUT2D eigenvalue weighted by atomic mass is 9.91. The number of isothiocyanates is 1. The average molecular weight is 361 g/mol. The van der Waals surface area contributed by atoms with Gasteiger partial charge >= 0.3 is 0 Å². The van der Waals surface area contributed by atoms with Gasteiger partial charge in [0.2, 0.25) is 0 Å². The van der Waals surface area contributed by atoms with Gasteiger partial charge in [0, 0.05) is 17.5 Å². The molecule has 0 aliphatic carbocycles. The predicted molar refractivity (Wildman–Crippen MR) is 110 cm³/mol. The lowest BCUT2D eigenvalue weighted by Gasteiger charge is -2.14. The molecule has 0 N–H and O–H groups in total. The van der Waals surface area contributed by atoms with Crippen LogP contribution in [0.1, 0.15) is 36.5 Å². The Labute approximate surface area is 159 Å². The average Bonchev–Trinajstić information content (AvgIpc) is 2.68. The minimum absolute atomic E-state index is 0.291. The van der Waals surface area contributed by atoms with Gasteiger partial charge in [-0.05, 0) is 53.0 Å². The molecule has 3 heteroatoms. The standard InChI is InChI=1S/C23H20FNS/c1-3-17-4-6-18(7-5-17)16(2)19-8-10-20(11-9-19)22-13-12-21(25-15-26)14-23(22)24/h4-14,16H,3H2,1-2H3. The van der Waals surface area contributed by atoms with Crippen LogP contribution in [-0.4, -0.2) is 5.16 Å². The molecule has 3 aromatic carbocycles. The summed E-state index contributed by atoms with van der Waals surface area (Å²) >= 11 is 4.56. The highest BCUT2D eigenvalue weighted by Crippen LogP contribution is 2.30. The summed E-state index contributed by atoms with van der Waals surface area (Å²) in [7, 11) is 0. The van der Waals surface area contributed by atoms with E-state index in [1.54, 1.807) is 12.1 Å². The van der Waals surface area contributed by atoms with Crippen molar-refractivity contribution < 1.29 is 4.39 Å². The van der Waals surface area contributed by atoms with E-state index < -0.39 is 0 Å². The van der Waals surface area contributed by atoms with Crippen LogP contribution in [0.2, 0.25) is 0 Å². The minimum Gasteiger partial charge on any atom is -0.206 e.